The first-order valence-electron chi connectivity index (χ1n) is 5.74. The fourth-order valence-electron chi connectivity index (χ4n) is 1.99. The van der Waals surface area contributed by atoms with Crippen molar-refractivity contribution in [2.75, 3.05) is 33.4 Å². The first kappa shape index (κ1) is 12.1. The van der Waals surface area contributed by atoms with Gasteiger partial charge in [-0.15, -0.1) is 0 Å². The summed E-state index contributed by atoms with van der Waals surface area (Å²) in [5.74, 6) is 0.0869. The zero-order valence-corrected chi connectivity index (χ0v) is 10.2. The quantitative estimate of drug-likeness (QED) is 0.774. The second-order valence-corrected chi connectivity index (χ2v) is 4.11. The van der Waals surface area contributed by atoms with Gasteiger partial charge in [-0.25, -0.2) is 0 Å². The van der Waals surface area contributed by atoms with Gasteiger partial charge in [-0.2, -0.15) is 5.10 Å². The molecular formula is C11H18N4O2. The van der Waals surface area contributed by atoms with Gasteiger partial charge in [0.25, 0.3) is 0 Å². The van der Waals surface area contributed by atoms with Gasteiger partial charge in [0.05, 0.1) is 19.4 Å². The third-order valence-corrected chi connectivity index (χ3v) is 2.92. The van der Waals surface area contributed by atoms with Crippen LogP contribution >= 0.6 is 0 Å². The number of nitrogens with one attached hydrogen (secondary N) is 1. The molecule has 1 saturated heterocycles. The van der Waals surface area contributed by atoms with Gasteiger partial charge in [0.2, 0.25) is 5.91 Å². The Morgan fingerprint density at radius 2 is 2.24 bits per heavy atom. The lowest BCUT2D eigenvalue weighted by atomic mass is 10.1. The van der Waals surface area contributed by atoms with Crippen LogP contribution in [-0.2, 0) is 16.6 Å². The summed E-state index contributed by atoms with van der Waals surface area (Å²) >= 11 is 0. The van der Waals surface area contributed by atoms with E-state index >= 15 is 0 Å². The van der Waals surface area contributed by atoms with E-state index in [0.29, 0.717) is 26.3 Å². The maximum Gasteiger partial charge on any atom is 0.244 e. The third kappa shape index (κ3) is 2.65. The Labute approximate surface area is 101 Å². The molecular weight excluding hydrogens is 220 g/mol. The number of carbonyl (C=O) groups excluding carboxylic acids is 1. The number of aromatic nitrogens is 2. The van der Waals surface area contributed by atoms with Crippen molar-refractivity contribution in [3.8, 4) is 0 Å². The van der Waals surface area contributed by atoms with Crippen LogP contribution in [0.2, 0.25) is 0 Å². The van der Waals surface area contributed by atoms with E-state index < -0.39 is 0 Å². The van der Waals surface area contributed by atoms with E-state index in [9.17, 15) is 4.79 Å². The molecule has 1 fully saturated rings. The van der Waals surface area contributed by atoms with Crippen LogP contribution in [0.25, 0.3) is 0 Å². The molecule has 2 rings (SSSR count). The minimum Gasteiger partial charge on any atom is -0.378 e. The fourth-order valence-corrected chi connectivity index (χ4v) is 1.99. The number of amides is 1. The van der Waals surface area contributed by atoms with Crippen LogP contribution in [0.4, 0.5) is 0 Å². The smallest absolute Gasteiger partial charge is 0.244 e. The van der Waals surface area contributed by atoms with Crippen LogP contribution in [0.3, 0.4) is 0 Å². The molecule has 94 valence electrons. The number of rotatable bonds is 3. The summed E-state index contributed by atoms with van der Waals surface area (Å²) in [4.78, 5) is 14.1. The van der Waals surface area contributed by atoms with E-state index in [2.05, 4.69) is 10.4 Å². The SMILES string of the molecule is CNC(C(=O)N1CCOCC1)c1cnn(C)c1. The molecule has 1 amide bonds. The molecule has 0 spiro atoms. The van der Waals surface area contributed by atoms with Gasteiger partial charge < -0.3 is 15.0 Å². The zero-order chi connectivity index (χ0) is 12.3. The molecule has 1 aliphatic heterocycles. The molecule has 2 heterocycles. The topological polar surface area (TPSA) is 59.4 Å². The van der Waals surface area contributed by atoms with Crippen LogP contribution in [0.15, 0.2) is 12.4 Å². The van der Waals surface area contributed by atoms with Crippen molar-refractivity contribution in [1.29, 1.82) is 0 Å². The van der Waals surface area contributed by atoms with Crippen LogP contribution in [0, 0.1) is 0 Å². The van der Waals surface area contributed by atoms with E-state index in [1.807, 2.05) is 18.1 Å². The summed E-state index contributed by atoms with van der Waals surface area (Å²) in [5.41, 5.74) is 0.895. The summed E-state index contributed by atoms with van der Waals surface area (Å²) < 4.78 is 6.94. The minimum atomic E-state index is -0.318. The van der Waals surface area contributed by atoms with Crippen molar-refractivity contribution < 1.29 is 9.53 Å². The average Bonchev–Trinajstić information content (AvgIpc) is 2.78. The summed E-state index contributed by atoms with van der Waals surface area (Å²) in [5, 5.41) is 7.14. The number of likely N-dealkylation sites (N-methyl/N-ethyl adjacent to an activating group) is 1. The van der Waals surface area contributed by atoms with E-state index in [1.54, 1.807) is 17.9 Å². The van der Waals surface area contributed by atoms with Gasteiger partial charge >= 0.3 is 0 Å². The zero-order valence-electron chi connectivity index (χ0n) is 10.2. The molecule has 1 N–H and O–H groups in total. The highest BCUT2D eigenvalue weighted by Gasteiger charge is 2.26. The number of carbonyl (C=O) groups is 1. The Morgan fingerprint density at radius 3 is 2.76 bits per heavy atom. The van der Waals surface area contributed by atoms with Crippen LogP contribution in [-0.4, -0.2) is 53.9 Å². The Morgan fingerprint density at radius 1 is 1.53 bits per heavy atom. The van der Waals surface area contributed by atoms with Gasteiger partial charge in [0, 0.05) is 31.9 Å². The summed E-state index contributed by atoms with van der Waals surface area (Å²) in [6.45, 7) is 2.57. The van der Waals surface area contributed by atoms with Crippen molar-refractivity contribution in [3.05, 3.63) is 18.0 Å². The van der Waals surface area contributed by atoms with Crippen LogP contribution in [0.5, 0.6) is 0 Å². The molecule has 1 atom stereocenters. The monoisotopic (exact) mass is 238 g/mol. The molecule has 1 aliphatic rings. The first-order chi connectivity index (χ1) is 8.22. The summed E-state index contributed by atoms with van der Waals surface area (Å²) in [6.07, 6.45) is 3.58. The summed E-state index contributed by atoms with van der Waals surface area (Å²) in [7, 11) is 3.63. The van der Waals surface area contributed by atoms with E-state index in [1.165, 1.54) is 0 Å². The lowest BCUT2D eigenvalue weighted by Gasteiger charge is -2.30. The lowest BCUT2D eigenvalue weighted by Crippen LogP contribution is -2.45. The van der Waals surface area contributed by atoms with E-state index in [-0.39, 0.29) is 11.9 Å². The van der Waals surface area contributed by atoms with Gasteiger partial charge in [-0.05, 0) is 7.05 Å². The maximum absolute atomic E-state index is 12.3. The molecule has 0 bridgehead atoms. The van der Waals surface area contributed by atoms with Gasteiger partial charge in [-0.1, -0.05) is 0 Å². The third-order valence-electron chi connectivity index (χ3n) is 2.92. The predicted molar refractivity (Wildman–Crippen MR) is 62.4 cm³/mol. The normalized spacial score (nSPS) is 18.1. The lowest BCUT2D eigenvalue weighted by molar-refractivity contribution is -0.137. The Hall–Kier alpha value is -1.40. The van der Waals surface area contributed by atoms with Gasteiger partial charge in [-0.3, -0.25) is 9.48 Å². The second kappa shape index (κ2) is 5.29. The average molecular weight is 238 g/mol. The summed E-state index contributed by atoms with van der Waals surface area (Å²) in [6, 6.07) is -0.318. The molecule has 1 unspecified atom stereocenters. The van der Waals surface area contributed by atoms with Crippen molar-refractivity contribution in [2.45, 2.75) is 6.04 Å². The van der Waals surface area contributed by atoms with Gasteiger partial charge in [0.1, 0.15) is 6.04 Å². The molecule has 0 aromatic carbocycles. The number of morpholine rings is 1. The molecule has 1 aromatic rings. The molecule has 6 heteroatoms. The highest BCUT2D eigenvalue weighted by atomic mass is 16.5. The predicted octanol–water partition coefficient (Wildman–Crippen LogP) is -0.461. The van der Waals surface area contributed by atoms with E-state index in [0.717, 1.165) is 5.56 Å². The maximum atomic E-state index is 12.3. The highest BCUT2D eigenvalue weighted by molar-refractivity contribution is 5.83. The number of hydrogen-bond donors (Lipinski definition) is 1. The van der Waals surface area contributed by atoms with Crippen LogP contribution in [0.1, 0.15) is 11.6 Å². The molecule has 0 aliphatic carbocycles. The molecule has 6 nitrogen and oxygen atoms in total. The van der Waals surface area contributed by atoms with Crippen molar-refractivity contribution >= 4 is 5.91 Å². The first-order valence-corrected chi connectivity index (χ1v) is 5.74. The number of ether oxygens (including phenoxy) is 1. The molecule has 0 radical (unpaired) electrons. The Balaban J connectivity index is 2.09. The minimum absolute atomic E-state index is 0.0869. The standard InChI is InChI=1S/C11H18N4O2/c1-12-10(9-7-13-14(2)8-9)11(16)15-3-5-17-6-4-15/h7-8,10,12H,3-6H2,1-2H3. The number of nitrogens with zero attached hydrogens (tertiary/aromatic N) is 3. The fraction of sp³-hybridized carbons (Fsp3) is 0.636. The Bertz CT molecular complexity index is 385. The van der Waals surface area contributed by atoms with Crippen molar-refractivity contribution in [2.24, 2.45) is 7.05 Å². The Kier molecular flexibility index (Phi) is 3.75. The van der Waals surface area contributed by atoms with Gasteiger partial charge in [0.15, 0.2) is 0 Å². The number of aryl methyl sites for hydroxylation is 1. The molecule has 0 saturated carbocycles. The highest BCUT2D eigenvalue weighted by Crippen LogP contribution is 2.15. The van der Waals surface area contributed by atoms with Crippen molar-refractivity contribution in [1.82, 2.24) is 20.0 Å². The van der Waals surface area contributed by atoms with E-state index in [4.69, 9.17) is 4.74 Å². The largest absolute Gasteiger partial charge is 0.378 e. The van der Waals surface area contributed by atoms with Crippen molar-refractivity contribution in [3.63, 3.8) is 0 Å². The second-order valence-electron chi connectivity index (χ2n) is 4.11. The molecule has 1 aromatic heterocycles. The molecule has 17 heavy (non-hydrogen) atoms. The van der Waals surface area contributed by atoms with Crippen LogP contribution < -0.4 is 5.32 Å². The number of hydrogen-bond acceptors (Lipinski definition) is 4.